The van der Waals surface area contributed by atoms with Gasteiger partial charge in [-0.05, 0) is 61.9 Å². The summed E-state index contributed by atoms with van der Waals surface area (Å²) in [6.45, 7) is 4.97. The van der Waals surface area contributed by atoms with Gasteiger partial charge in [0.15, 0.2) is 0 Å². The number of thioether (sulfide) groups is 1. The van der Waals surface area contributed by atoms with Gasteiger partial charge in [-0.3, -0.25) is 9.88 Å². The molecule has 1 aromatic heterocycles. The Bertz CT molecular complexity index is 824. The van der Waals surface area contributed by atoms with Gasteiger partial charge in [0.05, 0.1) is 19.5 Å². The minimum atomic E-state index is -4.26. The number of hydrogen-bond donors (Lipinski definition) is 0. The minimum Gasteiger partial charge on any atom is -0.492 e. The van der Waals surface area contributed by atoms with E-state index in [-0.39, 0.29) is 22.2 Å². The molecule has 2 aliphatic rings. The van der Waals surface area contributed by atoms with Crippen molar-refractivity contribution in [3.05, 3.63) is 48.3 Å². The Labute approximate surface area is 166 Å². The van der Waals surface area contributed by atoms with Crippen molar-refractivity contribution in [1.29, 1.82) is 0 Å². The van der Waals surface area contributed by atoms with Gasteiger partial charge in [0.25, 0.3) is 0 Å². The first kappa shape index (κ1) is 19.4. The summed E-state index contributed by atoms with van der Waals surface area (Å²) in [5.74, 6) is 0.813. The molecule has 4 rings (SSSR count). The number of hydrogen-bond acceptors (Lipinski definition) is 5. The Morgan fingerprint density at radius 2 is 1.93 bits per heavy atom. The Hall–Kier alpha value is -1.93. The van der Waals surface area contributed by atoms with E-state index < -0.39 is 5.51 Å². The Morgan fingerprint density at radius 3 is 2.57 bits per heavy atom. The number of aromatic nitrogens is 1. The van der Waals surface area contributed by atoms with Gasteiger partial charge in [-0.1, -0.05) is 0 Å². The molecule has 2 aromatic rings. The van der Waals surface area contributed by atoms with E-state index in [0.29, 0.717) is 6.61 Å². The zero-order chi connectivity index (χ0) is 19.8. The van der Waals surface area contributed by atoms with E-state index in [0.717, 1.165) is 49.6 Å². The van der Waals surface area contributed by atoms with Gasteiger partial charge in [0, 0.05) is 41.0 Å². The van der Waals surface area contributed by atoms with Crippen molar-refractivity contribution >= 4 is 17.4 Å². The third kappa shape index (κ3) is 4.22. The van der Waals surface area contributed by atoms with E-state index >= 15 is 0 Å². The average molecular weight is 409 g/mol. The molecule has 1 saturated carbocycles. The molecule has 0 N–H and O–H groups in total. The van der Waals surface area contributed by atoms with Crippen LogP contribution in [0, 0.1) is 0 Å². The van der Waals surface area contributed by atoms with Gasteiger partial charge in [-0.2, -0.15) is 13.2 Å². The van der Waals surface area contributed by atoms with E-state index in [1.165, 1.54) is 0 Å². The second kappa shape index (κ2) is 7.48. The number of pyridine rings is 1. The van der Waals surface area contributed by atoms with Crippen LogP contribution >= 0.6 is 11.8 Å². The second-order valence-electron chi connectivity index (χ2n) is 7.22. The molecule has 4 nitrogen and oxygen atoms in total. The molecule has 8 heteroatoms. The number of anilines is 1. The van der Waals surface area contributed by atoms with Crippen LogP contribution in [0.1, 0.15) is 25.3 Å². The van der Waals surface area contributed by atoms with Crippen molar-refractivity contribution in [1.82, 2.24) is 9.88 Å². The van der Waals surface area contributed by atoms with Gasteiger partial charge in [0.2, 0.25) is 0 Å². The molecule has 2 heterocycles. The van der Waals surface area contributed by atoms with Crippen LogP contribution in [0.4, 0.5) is 18.9 Å². The summed E-state index contributed by atoms with van der Waals surface area (Å²) in [7, 11) is 0. The summed E-state index contributed by atoms with van der Waals surface area (Å²) in [4.78, 5) is 9.06. The van der Waals surface area contributed by atoms with Gasteiger partial charge < -0.3 is 9.64 Å². The molecule has 0 radical (unpaired) electrons. The quantitative estimate of drug-likeness (QED) is 0.633. The summed E-state index contributed by atoms with van der Waals surface area (Å²) in [6.07, 6.45) is 5.81. The maximum atomic E-state index is 12.5. The Kier molecular flexibility index (Phi) is 5.18. The highest BCUT2D eigenvalue weighted by molar-refractivity contribution is 8.00. The monoisotopic (exact) mass is 409 g/mol. The molecule has 1 aliphatic carbocycles. The topological polar surface area (TPSA) is 28.6 Å². The van der Waals surface area contributed by atoms with Crippen molar-refractivity contribution in [2.24, 2.45) is 0 Å². The van der Waals surface area contributed by atoms with E-state index in [1.807, 2.05) is 13.0 Å². The SMILES string of the molecule is CCOc1cnccc1CN1CN(c2ccc(SC(F)(F)F)cc2)CC12CC2. The molecular weight excluding hydrogens is 387 g/mol. The molecule has 0 atom stereocenters. The highest BCUT2D eigenvalue weighted by atomic mass is 32.2. The van der Waals surface area contributed by atoms with Crippen LogP contribution in [-0.2, 0) is 6.54 Å². The fourth-order valence-electron chi connectivity index (χ4n) is 3.76. The molecule has 0 unspecified atom stereocenters. The van der Waals surface area contributed by atoms with Crippen molar-refractivity contribution in [2.45, 2.75) is 42.3 Å². The predicted molar refractivity (Wildman–Crippen MR) is 103 cm³/mol. The van der Waals surface area contributed by atoms with Crippen LogP contribution < -0.4 is 9.64 Å². The van der Waals surface area contributed by atoms with E-state index in [4.69, 9.17) is 4.74 Å². The third-order valence-electron chi connectivity index (χ3n) is 5.29. The number of benzene rings is 1. The van der Waals surface area contributed by atoms with Crippen LogP contribution in [0.15, 0.2) is 47.6 Å². The largest absolute Gasteiger partial charge is 0.492 e. The molecule has 0 bridgehead atoms. The first-order valence-electron chi connectivity index (χ1n) is 9.30. The number of alkyl halides is 3. The van der Waals surface area contributed by atoms with E-state index in [9.17, 15) is 13.2 Å². The zero-order valence-electron chi connectivity index (χ0n) is 15.6. The van der Waals surface area contributed by atoms with Gasteiger partial charge in [0.1, 0.15) is 5.75 Å². The standard InChI is InChI=1S/C20H22F3N3OS/c1-2-27-18-11-24-10-7-15(18)12-26-14-25(13-19(26)8-9-19)16-3-5-17(6-4-16)28-20(21,22)23/h3-7,10-11H,2,8-9,12-14H2,1H3. The molecule has 1 aromatic carbocycles. The Morgan fingerprint density at radius 1 is 1.18 bits per heavy atom. The van der Waals surface area contributed by atoms with Crippen molar-refractivity contribution in [3.63, 3.8) is 0 Å². The summed E-state index contributed by atoms with van der Waals surface area (Å²) in [5, 5.41) is 0. The smallest absolute Gasteiger partial charge is 0.446 e. The summed E-state index contributed by atoms with van der Waals surface area (Å²) in [5.41, 5.74) is -2.03. The summed E-state index contributed by atoms with van der Waals surface area (Å²) >= 11 is -0.0761. The number of ether oxygens (including phenoxy) is 1. The first-order valence-corrected chi connectivity index (χ1v) is 10.1. The highest BCUT2D eigenvalue weighted by Crippen LogP contribution is 2.48. The van der Waals surface area contributed by atoms with Crippen molar-refractivity contribution < 1.29 is 17.9 Å². The van der Waals surface area contributed by atoms with Crippen LogP contribution in [0.5, 0.6) is 5.75 Å². The van der Waals surface area contributed by atoms with Gasteiger partial charge in [-0.25, -0.2) is 0 Å². The molecule has 1 aliphatic heterocycles. The lowest BCUT2D eigenvalue weighted by Gasteiger charge is -2.23. The van der Waals surface area contributed by atoms with Gasteiger partial charge >= 0.3 is 5.51 Å². The molecule has 1 spiro atoms. The van der Waals surface area contributed by atoms with Crippen LogP contribution in [-0.4, -0.2) is 40.8 Å². The second-order valence-corrected chi connectivity index (χ2v) is 8.36. The number of nitrogens with zero attached hydrogens (tertiary/aromatic N) is 3. The Balaban J connectivity index is 1.47. The molecule has 28 heavy (non-hydrogen) atoms. The summed E-state index contributed by atoms with van der Waals surface area (Å²) in [6, 6.07) is 8.65. The average Bonchev–Trinajstić information content (AvgIpc) is 3.33. The number of rotatable bonds is 6. The molecular formula is C20H22F3N3OS. The summed E-state index contributed by atoms with van der Waals surface area (Å²) < 4.78 is 43.3. The molecule has 0 amide bonds. The van der Waals surface area contributed by atoms with Crippen molar-refractivity contribution in [3.8, 4) is 5.75 Å². The fraction of sp³-hybridized carbons (Fsp3) is 0.450. The predicted octanol–water partition coefficient (Wildman–Crippen LogP) is 4.90. The lowest BCUT2D eigenvalue weighted by molar-refractivity contribution is -0.0328. The van der Waals surface area contributed by atoms with Crippen LogP contribution in [0.2, 0.25) is 0 Å². The molecule has 1 saturated heterocycles. The lowest BCUT2D eigenvalue weighted by Crippen LogP contribution is -2.32. The van der Waals surface area contributed by atoms with E-state index in [1.54, 1.807) is 36.7 Å². The van der Waals surface area contributed by atoms with Crippen LogP contribution in [0.3, 0.4) is 0 Å². The van der Waals surface area contributed by atoms with E-state index in [2.05, 4.69) is 14.8 Å². The fourth-order valence-corrected chi connectivity index (χ4v) is 4.30. The minimum absolute atomic E-state index is 0.0761. The molecule has 150 valence electrons. The van der Waals surface area contributed by atoms with Crippen molar-refractivity contribution in [2.75, 3.05) is 24.7 Å². The normalized spacial score (nSPS) is 18.6. The lowest BCUT2D eigenvalue weighted by atomic mass is 10.2. The number of halogens is 3. The third-order valence-corrected chi connectivity index (χ3v) is 6.03. The van der Waals surface area contributed by atoms with Crippen LogP contribution in [0.25, 0.3) is 0 Å². The first-order chi connectivity index (χ1) is 13.4. The maximum absolute atomic E-state index is 12.5. The highest BCUT2D eigenvalue weighted by Gasteiger charge is 2.53. The zero-order valence-corrected chi connectivity index (χ0v) is 16.4. The molecule has 2 fully saturated rings. The van der Waals surface area contributed by atoms with Gasteiger partial charge in [-0.15, -0.1) is 0 Å². The maximum Gasteiger partial charge on any atom is 0.446 e.